The minimum atomic E-state index is -0.267. The number of rotatable bonds is 5. The van der Waals surface area contributed by atoms with E-state index >= 15 is 0 Å². The Bertz CT molecular complexity index is 1030. The molecular weight excluding hydrogens is 340 g/mol. The zero-order valence-electron chi connectivity index (χ0n) is 14.8. The summed E-state index contributed by atoms with van der Waals surface area (Å²) in [6, 6.07) is 18.2. The molecule has 2 aromatic carbocycles. The van der Waals surface area contributed by atoms with E-state index in [2.05, 4.69) is 10.3 Å². The van der Waals surface area contributed by atoms with Crippen LogP contribution in [0.15, 0.2) is 60.8 Å². The first kappa shape index (κ1) is 18.1. The maximum absolute atomic E-state index is 12.3. The van der Waals surface area contributed by atoms with Gasteiger partial charge in [0.05, 0.1) is 22.5 Å². The number of nitrogens with one attached hydrogen (secondary N) is 1. The molecule has 0 saturated heterocycles. The third-order valence-electron chi connectivity index (χ3n) is 4.17. The molecule has 0 unspecified atom stereocenters. The van der Waals surface area contributed by atoms with Gasteiger partial charge in [-0.3, -0.25) is 14.6 Å². The Balaban J connectivity index is 1.77. The number of benzene rings is 2. The molecule has 6 nitrogen and oxygen atoms in total. The third-order valence-corrected chi connectivity index (χ3v) is 4.17. The van der Waals surface area contributed by atoms with E-state index in [0.717, 1.165) is 5.39 Å². The second-order valence-electron chi connectivity index (χ2n) is 5.98. The van der Waals surface area contributed by atoms with Crippen molar-refractivity contribution < 1.29 is 9.59 Å². The van der Waals surface area contributed by atoms with Crippen LogP contribution < -0.4 is 10.2 Å². The van der Waals surface area contributed by atoms with E-state index < -0.39 is 0 Å². The van der Waals surface area contributed by atoms with Crippen LogP contribution in [0.2, 0.25) is 0 Å². The van der Waals surface area contributed by atoms with Crippen LogP contribution in [0.25, 0.3) is 10.9 Å². The van der Waals surface area contributed by atoms with Crippen LogP contribution in [-0.4, -0.2) is 23.3 Å². The lowest BCUT2D eigenvalue weighted by molar-refractivity contribution is -0.117. The van der Waals surface area contributed by atoms with Crippen LogP contribution in [0.5, 0.6) is 0 Å². The van der Waals surface area contributed by atoms with E-state index in [-0.39, 0.29) is 24.8 Å². The number of fused-ring (bicyclic) bond motifs is 1. The van der Waals surface area contributed by atoms with E-state index in [9.17, 15) is 9.59 Å². The molecule has 0 spiro atoms. The van der Waals surface area contributed by atoms with Crippen molar-refractivity contribution in [2.45, 2.75) is 13.3 Å². The molecule has 2 amide bonds. The molecule has 0 aliphatic rings. The van der Waals surface area contributed by atoms with Crippen molar-refractivity contribution >= 4 is 34.1 Å². The van der Waals surface area contributed by atoms with Crippen molar-refractivity contribution in [1.29, 1.82) is 5.26 Å². The zero-order valence-corrected chi connectivity index (χ0v) is 14.8. The molecule has 3 rings (SSSR count). The normalized spacial score (nSPS) is 10.2. The van der Waals surface area contributed by atoms with Crippen molar-refractivity contribution in [3.63, 3.8) is 0 Å². The van der Waals surface area contributed by atoms with E-state index in [0.29, 0.717) is 22.5 Å². The van der Waals surface area contributed by atoms with Crippen molar-refractivity contribution in [3.05, 3.63) is 66.4 Å². The molecule has 27 heavy (non-hydrogen) atoms. The van der Waals surface area contributed by atoms with E-state index in [1.165, 1.54) is 6.92 Å². The molecule has 6 heteroatoms. The number of pyridine rings is 1. The van der Waals surface area contributed by atoms with Crippen LogP contribution in [0.1, 0.15) is 18.9 Å². The number of carbonyl (C=O) groups is 2. The highest BCUT2D eigenvalue weighted by atomic mass is 16.2. The van der Waals surface area contributed by atoms with E-state index in [4.69, 9.17) is 5.26 Å². The number of hydrogen-bond donors (Lipinski definition) is 1. The van der Waals surface area contributed by atoms with Crippen LogP contribution in [-0.2, 0) is 9.59 Å². The number of aromatic nitrogens is 1. The van der Waals surface area contributed by atoms with Crippen LogP contribution in [0.4, 0.5) is 11.4 Å². The molecule has 1 N–H and O–H groups in total. The first-order valence-corrected chi connectivity index (χ1v) is 8.51. The first-order chi connectivity index (χ1) is 13.1. The Hall–Kier alpha value is -3.72. The molecule has 0 saturated carbocycles. The summed E-state index contributed by atoms with van der Waals surface area (Å²) in [5.74, 6) is -0.435. The van der Waals surface area contributed by atoms with Crippen LogP contribution in [0.3, 0.4) is 0 Å². The number of nitriles is 1. The fourth-order valence-electron chi connectivity index (χ4n) is 2.87. The fraction of sp³-hybridized carbons (Fsp3) is 0.143. The standard InChI is InChI=1S/C21H18N4O2/c1-15(26)25(19-10-4-7-16-8-5-12-23-21(16)19)13-11-20(27)24-18-9-3-2-6-17(18)14-22/h2-10,12H,11,13H2,1H3,(H,24,27). The highest BCUT2D eigenvalue weighted by molar-refractivity contribution is 6.02. The molecule has 0 bridgehead atoms. The summed E-state index contributed by atoms with van der Waals surface area (Å²) >= 11 is 0. The summed E-state index contributed by atoms with van der Waals surface area (Å²) in [7, 11) is 0. The summed E-state index contributed by atoms with van der Waals surface area (Å²) in [4.78, 5) is 30.4. The number of anilines is 2. The molecular formula is C21H18N4O2. The molecule has 3 aromatic rings. The fourth-order valence-corrected chi connectivity index (χ4v) is 2.87. The lowest BCUT2D eigenvalue weighted by Crippen LogP contribution is -2.32. The molecule has 134 valence electrons. The minimum Gasteiger partial charge on any atom is -0.325 e. The van der Waals surface area contributed by atoms with Gasteiger partial charge in [-0.15, -0.1) is 0 Å². The number of hydrogen-bond acceptors (Lipinski definition) is 4. The predicted molar refractivity (Wildman–Crippen MR) is 104 cm³/mol. The first-order valence-electron chi connectivity index (χ1n) is 8.51. The van der Waals surface area contributed by atoms with Gasteiger partial charge in [0.15, 0.2) is 0 Å². The lowest BCUT2D eigenvalue weighted by atomic mass is 10.1. The molecule has 0 radical (unpaired) electrons. The molecule has 0 fully saturated rings. The summed E-state index contributed by atoms with van der Waals surface area (Å²) < 4.78 is 0. The quantitative estimate of drug-likeness (QED) is 0.756. The molecule has 1 aromatic heterocycles. The monoisotopic (exact) mass is 358 g/mol. The van der Waals surface area contributed by atoms with Gasteiger partial charge >= 0.3 is 0 Å². The average Bonchev–Trinajstić information content (AvgIpc) is 2.68. The van der Waals surface area contributed by atoms with Gasteiger partial charge in [-0.2, -0.15) is 5.26 Å². The average molecular weight is 358 g/mol. The van der Waals surface area contributed by atoms with Gasteiger partial charge in [0, 0.05) is 31.5 Å². The van der Waals surface area contributed by atoms with Crippen LogP contribution in [0, 0.1) is 11.3 Å². The summed E-state index contributed by atoms with van der Waals surface area (Å²) in [5.41, 5.74) is 2.25. The summed E-state index contributed by atoms with van der Waals surface area (Å²) in [6.45, 7) is 1.68. The summed E-state index contributed by atoms with van der Waals surface area (Å²) in [6.07, 6.45) is 1.78. The number of amides is 2. The Morgan fingerprint density at radius 3 is 2.67 bits per heavy atom. The van der Waals surface area contributed by atoms with Crippen molar-refractivity contribution in [2.75, 3.05) is 16.8 Å². The Morgan fingerprint density at radius 2 is 1.89 bits per heavy atom. The van der Waals surface area contributed by atoms with Crippen molar-refractivity contribution in [3.8, 4) is 6.07 Å². The highest BCUT2D eigenvalue weighted by Gasteiger charge is 2.17. The van der Waals surface area contributed by atoms with Crippen molar-refractivity contribution in [2.24, 2.45) is 0 Å². The predicted octanol–water partition coefficient (Wildman–Crippen LogP) is 3.49. The zero-order chi connectivity index (χ0) is 19.2. The summed E-state index contributed by atoms with van der Waals surface area (Å²) in [5, 5.41) is 12.8. The van der Waals surface area contributed by atoms with Gasteiger partial charge in [0.2, 0.25) is 11.8 Å². The smallest absolute Gasteiger partial charge is 0.226 e. The molecule has 1 heterocycles. The van der Waals surface area contributed by atoms with E-state index in [1.807, 2.05) is 36.4 Å². The number of para-hydroxylation sites is 2. The molecule has 0 atom stereocenters. The number of nitrogens with zero attached hydrogens (tertiary/aromatic N) is 3. The lowest BCUT2D eigenvalue weighted by Gasteiger charge is -2.22. The largest absolute Gasteiger partial charge is 0.325 e. The van der Waals surface area contributed by atoms with E-state index in [1.54, 1.807) is 35.4 Å². The maximum atomic E-state index is 12.3. The SMILES string of the molecule is CC(=O)N(CCC(=O)Nc1ccccc1C#N)c1cccc2cccnc12. The molecule has 0 aliphatic heterocycles. The molecule has 0 aliphatic carbocycles. The second kappa shape index (κ2) is 8.11. The van der Waals surface area contributed by atoms with Gasteiger partial charge in [-0.25, -0.2) is 0 Å². The van der Waals surface area contributed by atoms with Gasteiger partial charge in [-0.05, 0) is 24.3 Å². The van der Waals surface area contributed by atoms with Crippen molar-refractivity contribution in [1.82, 2.24) is 4.98 Å². The Labute approximate surface area is 157 Å². The Morgan fingerprint density at radius 1 is 1.11 bits per heavy atom. The topological polar surface area (TPSA) is 86.1 Å². The highest BCUT2D eigenvalue weighted by Crippen LogP contribution is 2.25. The second-order valence-corrected chi connectivity index (χ2v) is 5.98. The van der Waals surface area contributed by atoms with Gasteiger partial charge in [0.25, 0.3) is 0 Å². The Kier molecular flexibility index (Phi) is 5.43. The van der Waals surface area contributed by atoms with Gasteiger partial charge < -0.3 is 10.2 Å². The third kappa shape index (κ3) is 4.10. The van der Waals surface area contributed by atoms with Gasteiger partial charge in [-0.1, -0.05) is 30.3 Å². The van der Waals surface area contributed by atoms with Crippen LogP contribution >= 0.6 is 0 Å². The minimum absolute atomic E-state index is 0.0998. The maximum Gasteiger partial charge on any atom is 0.226 e. The number of carbonyl (C=O) groups excluding carboxylic acids is 2. The van der Waals surface area contributed by atoms with Gasteiger partial charge in [0.1, 0.15) is 6.07 Å².